The van der Waals surface area contributed by atoms with Crippen LogP contribution in [0.15, 0.2) is 48.6 Å². The number of ether oxygens (including phenoxy) is 1. The summed E-state index contributed by atoms with van der Waals surface area (Å²) in [5, 5.41) is 23.2. The molecule has 0 aliphatic rings. The molecule has 1 amide bonds. The Balaban J connectivity index is 3.41. The Morgan fingerprint density at radius 1 is 0.359 bits per heavy atom. The Hall–Kier alpha value is -2.18. The number of hydrogen-bond acceptors (Lipinski definition) is 5. The lowest BCUT2D eigenvalue weighted by molar-refractivity contribution is -0.143. The van der Waals surface area contributed by atoms with E-state index in [9.17, 15) is 19.8 Å². The molecule has 78 heavy (non-hydrogen) atoms. The molecule has 0 rings (SSSR count). The number of allylic oxidation sites excluding steroid dienone is 7. The number of amides is 1. The standard InChI is InChI=1S/C72H135NO5/c1-3-5-7-9-11-13-15-17-19-20-31-34-37-40-44-48-52-56-60-64-70(75)69(68-74)73-71(76)65-61-57-53-49-45-41-38-35-32-29-27-25-23-21-22-24-26-28-30-33-36-39-43-47-51-55-59-63-67-78-72(77)66-62-58-54-50-46-42-18-16-14-12-10-8-6-4-2/h10,12,16,18,21-22,60,64,69-70,74-75H,3-9,11,13-15,17,19-20,23-59,61-63,65-68H2,1-2H3,(H,73,76)/b12-10-,18-16-,22-21-,64-60+. The zero-order chi connectivity index (χ0) is 56.4. The lowest BCUT2D eigenvalue weighted by Gasteiger charge is -2.20. The van der Waals surface area contributed by atoms with Gasteiger partial charge in [0.1, 0.15) is 0 Å². The van der Waals surface area contributed by atoms with Gasteiger partial charge in [-0.2, -0.15) is 0 Å². The summed E-state index contributed by atoms with van der Waals surface area (Å²) in [6, 6.07) is -0.629. The van der Waals surface area contributed by atoms with Gasteiger partial charge in [-0.15, -0.1) is 0 Å². The number of carbonyl (C=O) groups is 2. The minimum atomic E-state index is -0.846. The van der Waals surface area contributed by atoms with Gasteiger partial charge in [0.2, 0.25) is 5.91 Å². The van der Waals surface area contributed by atoms with Crippen LogP contribution in [-0.4, -0.2) is 47.4 Å². The van der Waals surface area contributed by atoms with E-state index in [0.717, 1.165) is 51.4 Å². The average molecular weight is 1090 g/mol. The monoisotopic (exact) mass is 1090 g/mol. The predicted molar refractivity (Wildman–Crippen MR) is 342 cm³/mol. The number of hydrogen-bond donors (Lipinski definition) is 3. The zero-order valence-electron chi connectivity index (χ0n) is 52.4. The number of carbonyl (C=O) groups excluding carboxylic acids is 2. The van der Waals surface area contributed by atoms with E-state index in [1.54, 1.807) is 6.08 Å². The molecular weight excluding hydrogens is 959 g/mol. The van der Waals surface area contributed by atoms with Crippen molar-refractivity contribution in [1.82, 2.24) is 5.32 Å². The molecule has 0 aliphatic heterocycles. The van der Waals surface area contributed by atoms with Crippen molar-refractivity contribution in [3.05, 3.63) is 48.6 Å². The van der Waals surface area contributed by atoms with Gasteiger partial charge in [-0.1, -0.05) is 326 Å². The summed E-state index contributed by atoms with van der Waals surface area (Å²) in [6.45, 7) is 4.88. The van der Waals surface area contributed by atoms with Crippen molar-refractivity contribution in [1.29, 1.82) is 0 Å². The van der Waals surface area contributed by atoms with Gasteiger partial charge in [0.25, 0.3) is 0 Å². The quantitative estimate of drug-likeness (QED) is 0.0320. The van der Waals surface area contributed by atoms with Gasteiger partial charge in [0.15, 0.2) is 0 Å². The molecule has 0 aromatic rings. The third-order valence-corrected chi connectivity index (χ3v) is 16.1. The zero-order valence-corrected chi connectivity index (χ0v) is 52.4. The van der Waals surface area contributed by atoms with E-state index in [4.69, 9.17) is 4.74 Å². The highest BCUT2D eigenvalue weighted by Gasteiger charge is 2.18. The maximum atomic E-state index is 12.5. The van der Waals surface area contributed by atoms with Crippen LogP contribution in [-0.2, 0) is 14.3 Å². The van der Waals surface area contributed by atoms with E-state index >= 15 is 0 Å². The van der Waals surface area contributed by atoms with E-state index in [-0.39, 0.29) is 18.5 Å². The molecule has 0 radical (unpaired) electrons. The number of unbranched alkanes of at least 4 members (excludes halogenated alkanes) is 48. The first-order chi connectivity index (χ1) is 38.5. The van der Waals surface area contributed by atoms with E-state index in [1.807, 2.05) is 6.08 Å². The van der Waals surface area contributed by atoms with Gasteiger partial charge in [0, 0.05) is 12.8 Å². The van der Waals surface area contributed by atoms with E-state index in [0.29, 0.717) is 19.4 Å². The first-order valence-corrected chi connectivity index (χ1v) is 34.9. The summed E-state index contributed by atoms with van der Waals surface area (Å²) < 4.78 is 5.48. The van der Waals surface area contributed by atoms with Crippen LogP contribution in [0.25, 0.3) is 0 Å². The summed E-state index contributed by atoms with van der Waals surface area (Å²) >= 11 is 0. The maximum Gasteiger partial charge on any atom is 0.305 e. The molecule has 0 aromatic carbocycles. The summed E-state index contributed by atoms with van der Waals surface area (Å²) in [5.41, 5.74) is 0. The van der Waals surface area contributed by atoms with Crippen LogP contribution in [0.3, 0.4) is 0 Å². The molecule has 0 saturated carbocycles. The van der Waals surface area contributed by atoms with Gasteiger partial charge < -0.3 is 20.3 Å². The lowest BCUT2D eigenvalue weighted by atomic mass is 10.0. The normalized spacial score (nSPS) is 12.8. The Morgan fingerprint density at radius 3 is 1.03 bits per heavy atom. The first-order valence-electron chi connectivity index (χ1n) is 34.9. The SMILES string of the molecule is CCCC/C=C\C/C=C\CCCCCCCC(=O)OCCCCCCCCCCCCCC/C=C\CCCCCCCCCCCCCCC(=O)NC(CO)C(O)/C=C/CCCCCCCCCCCCCCCCCCC. The Kier molecular flexibility index (Phi) is 65.4. The summed E-state index contributed by atoms with van der Waals surface area (Å²) in [5.74, 6) is -0.0644. The third kappa shape index (κ3) is 63.0. The van der Waals surface area contributed by atoms with Gasteiger partial charge in [-0.05, 0) is 83.5 Å². The van der Waals surface area contributed by atoms with Crippen molar-refractivity contribution >= 4 is 11.9 Å². The van der Waals surface area contributed by atoms with Gasteiger partial charge >= 0.3 is 5.97 Å². The molecule has 2 atom stereocenters. The van der Waals surface area contributed by atoms with Crippen molar-refractivity contribution < 1.29 is 24.5 Å². The maximum absolute atomic E-state index is 12.5. The molecule has 6 nitrogen and oxygen atoms in total. The number of nitrogens with one attached hydrogen (secondary N) is 1. The van der Waals surface area contributed by atoms with Crippen LogP contribution in [0.5, 0.6) is 0 Å². The van der Waals surface area contributed by atoms with Crippen molar-refractivity contribution in [3.63, 3.8) is 0 Å². The van der Waals surface area contributed by atoms with Crippen molar-refractivity contribution in [3.8, 4) is 0 Å². The molecule has 0 bridgehead atoms. The molecule has 0 heterocycles. The number of rotatable bonds is 65. The van der Waals surface area contributed by atoms with E-state index < -0.39 is 12.1 Å². The Labute approximate surface area is 486 Å². The van der Waals surface area contributed by atoms with Crippen LogP contribution in [0.1, 0.15) is 373 Å². The molecule has 0 spiro atoms. The fraction of sp³-hybridized carbons (Fsp3) is 0.861. The largest absolute Gasteiger partial charge is 0.466 e. The first kappa shape index (κ1) is 75.8. The lowest BCUT2D eigenvalue weighted by Crippen LogP contribution is -2.45. The van der Waals surface area contributed by atoms with E-state index in [1.165, 1.54) is 295 Å². The minimum absolute atomic E-state index is 0.000850. The average Bonchev–Trinajstić information content (AvgIpc) is 3.44. The number of aliphatic hydroxyl groups excluding tert-OH is 2. The molecular formula is C72H135NO5. The third-order valence-electron chi connectivity index (χ3n) is 16.1. The fourth-order valence-electron chi connectivity index (χ4n) is 10.7. The number of aliphatic hydroxyl groups is 2. The second kappa shape index (κ2) is 67.3. The molecule has 3 N–H and O–H groups in total. The van der Waals surface area contributed by atoms with Crippen LogP contribution in [0, 0.1) is 0 Å². The van der Waals surface area contributed by atoms with Crippen molar-refractivity contribution in [2.75, 3.05) is 13.2 Å². The van der Waals surface area contributed by atoms with Crippen LogP contribution < -0.4 is 5.32 Å². The van der Waals surface area contributed by atoms with Crippen molar-refractivity contribution in [2.24, 2.45) is 0 Å². The Morgan fingerprint density at radius 2 is 0.654 bits per heavy atom. The smallest absolute Gasteiger partial charge is 0.305 e. The second-order valence-corrected chi connectivity index (χ2v) is 23.9. The van der Waals surface area contributed by atoms with Crippen molar-refractivity contribution in [2.45, 2.75) is 386 Å². The molecule has 0 fully saturated rings. The summed E-state index contributed by atoms with van der Waals surface area (Å²) in [6.07, 6.45) is 87.5. The summed E-state index contributed by atoms with van der Waals surface area (Å²) in [4.78, 5) is 24.6. The van der Waals surface area contributed by atoms with Gasteiger partial charge in [-0.3, -0.25) is 9.59 Å². The van der Waals surface area contributed by atoms with E-state index in [2.05, 4.69) is 55.6 Å². The second-order valence-electron chi connectivity index (χ2n) is 23.9. The molecule has 0 aromatic heterocycles. The molecule has 2 unspecified atom stereocenters. The van der Waals surface area contributed by atoms with Crippen LogP contribution >= 0.6 is 0 Å². The number of esters is 1. The highest BCUT2D eigenvalue weighted by Crippen LogP contribution is 2.18. The van der Waals surface area contributed by atoms with Gasteiger partial charge in [-0.25, -0.2) is 0 Å². The summed E-state index contributed by atoms with van der Waals surface area (Å²) in [7, 11) is 0. The topological polar surface area (TPSA) is 95.9 Å². The molecule has 6 heteroatoms. The minimum Gasteiger partial charge on any atom is -0.466 e. The fourth-order valence-corrected chi connectivity index (χ4v) is 10.7. The predicted octanol–water partition coefficient (Wildman–Crippen LogP) is 22.5. The van der Waals surface area contributed by atoms with Crippen LogP contribution in [0.2, 0.25) is 0 Å². The highest BCUT2D eigenvalue weighted by molar-refractivity contribution is 5.76. The molecule has 458 valence electrons. The van der Waals surface area contributed by atoms with Gasteiger partial charge in [0.05, 0.1) is 25.4 Å². The van der Waals surface area contributed by atoms with Crippen LogP contribution in [0.4, 0.5) is 0 Å². The Bertz CT molecular complexity index is 1310. The molecule has 0 saturated heterocycles. The highest BCUT2D eigenvalue weighted by atomic mass is 16.5. The molecule has 0 aliphatic carbocycles.